The van der Waals surface area contributed by atoms with Crippen molar-refractivity contribution in [2.24, 2.45) is 0 Å². The Hall–Kier alpha value is -3.79. The Morgan fingerprint density at radius 3 is 2.19 bits per heavy atom. The maximum atomic E-state index is 8.98. The van der Waals surface area contributed by atoms with E-state index in [2.05, 4.69) is 26.7 Å². The first kappa shape index (κ1) is 17.0. The molecule has 0 aliphatic heterocycles. The number of benzene rings is 2. The van der Waals surface area contributed by atoms with E-state index in [0.717, 1.165) is 11.4 Å². The van der Waals surface area contributed by atoms with Gasteiger partial charge in [-0.3, -0.25) is 0 Å². The maximum Gasteiger partial charge on any atom is 0.162 e. The van der Waals surface area contributed by atoms with Gasteiger partial charge < -0.3 is 20.1 Å². The van der Waals surface area contributed by atoms with Gasteiger partial charge in [-0.25, -0.2) is 9.97 Å². The minimum atomic E-state index is 0.577. The normalized spacial score (nSPS) is 9.88. The molecule has 0 saturated heterocycles. The minimum absolute atomic E-state index is 0.577. The Morgan fingerprint density at radius 2 is 1.54 bits per heavy atom. The number of rotatable bonds is 6. The quantitative estimate of drug-likeness (QED) is 0.699. The Balaban J connectivity index is 1.78. The highest BCUT2D eigenvalue weighted by Crippen LogP contribution is 2.31. The minimum Gasteiger partial charge on any atom is -0.493 e. The van der Waals surface area contributed by atoms with E-state index in [1.807, 2.05) is 30.3 Å². The zero-order valence-corrected chi connectivity index (χ0v) is 14.4. The fraction of sp³-hybridized carbons (Fsp3) is 0.105. The molecule has 2 N–H and O–H groups in total. The van der Waals surface area contributed by atoms with Crippen molar-refractivity contribution in [1.29, 1.82) is 5.26 Å². The monoisotopic (exact) mass is 347 g/mol. The molecule has 0 bridgehead atoms. The number of hydrogen-bond donors (Lipinski definition) is 2. The molecule has 0 fully saturated rings. The van der Waals surface area contributed by atoms with Crippen molar-refractivity contribution < 1.29 is 9.47 Å². The number of nitrogens with one attached hydrogen (secondary N) is 2. The van der Waals surface area contributed by atoms with Crippen LogP contribution in [0.25, 0.3) is 0 Å². The van der Waals surface area contributed by atoms with Gasteiger partial charge in [-0.2, -0.15) is 5.26 Å². The molecule has 0 radical (unpaired) electrons. The summed E-state index contributed by atoms with van der Waals surface area (Å²) in [5.74, 6) is 2.50. The molecule has 0 aliphatic carbocycles. The number of anilines is 4. The Kier molecular flexibility index (Phi) is 5.15. The first-order valence-electron chi connectivity index (χ1n) is 7.80. The number of aromatic nitrogens is 2. The van der Waals surface area contributed by atoms with Gasteiger partial charge in [-0.15, -0.1) is 0 Å². The summed E-state index contributed by atoms with van der Waals surface area (Å²) >= 11 is 0. The van der Waals surface area contributed by atoms with Crippen molar-refractivity contribution in [1.82, 2.24) is 9.97 Å². The van der Waals surface area contributed by atoms with E-state index in [9.17, 15) is 0 Å². The van der Waals surface area contributed by atoms with Crippen molar-refractivity contribution in [2.45, 2.75) is 0 Å². The van der Waals surface area contributed by atoms with Crippen LogP contribution in [0.3, 0.4) is 0 Å². The van der Waals surface area contributed by atoms with Crippen LogP contribution in [-0.2, 0) is 0 Å². The molecule has 1 aromatic heterocycles. The molecular weight excluding hydrogens is 330 g/mol. The van der Waals surface area contributed by atoms with Gasteiger partial charge in [0.1, 0.15) is 18.0 Å². The van der Waals surface area contributed by atoms with E-state index < -0.39 is 0 Å². The summed E-state index contributed by atoms with van der Waals surface area (Å²) in [6, 6.07) is 16.6. The lowest BCUT2D eigenvalue weighted by atomic mass is 10.2. The third-order valence-electron chi connectivity index (χ3n) is 3.59. The van der Waals surface area contributed by atoms with E-state index in [-0.39, 0.29) is 0 Å². The zero-order valence-electron chi connectivity index (χ0n) is 14.4. The second-order valence-corrected chi connectivity index (χ2v) is 5.30. The Bertz CT molecular complexity index is 953. The van der Waals surface area contributed by atoms with Crippen LogP contribution in [0.15, 0.2) is 54.9 Å². The van der Waals surface area contributed by atoms with Crippen molar-refractivity contribution >= 4 is 23.0 Å². The SMILES string of the molecule is COc1ccc(Nc2cc(Nc3cccc(C#N)c3)ncn2)cc1OC. The molecule has 0 spiro atoms. The van der Waals surface area contributed by atoms with Crippen LogP contribution in [0, 0.1) is 11.3 Å². The number of ether oxygens (including phenoxy) is 2. The average Bonchev–Trinajstić information content (AvgIpc) is 2.68. The third kappa shape index (κ3) is 3.99. The van der Waals surface area contributed by atoms with Gasteiger partial charge in [-0.05, 0) is 30.3 Å². The van der Waals surface area contributed by atoms with Gasteiger partial charge in [0.2, 0.25) is 0 Å². The number of methoxy groups -OCH3 is 2. The van der Waals surface area contributed by atoms with E-state index in [1.54, 1.807) is 32.4 Å². The fourth-order valence-corrected chi connectivity index (χ4v) is 2.37. The van der Waals surface area contributed by atoms with E-state index in [1.165, 1.54) is 6.33 Å². The second-order valence-electron chi connectivity index (χ2n) is 5.30. The lowest BCUT2D eigenvalue weighted by Crippen LogP contribution is -1.99. The summed E-state index contributed by atoms with van der Waals surface area (Å²) in [5, 5.41) is 15.3. The molecule has 26 heavy (non-hydrogen) atoms. The molecule has 0 atom stereocenters. The van der Waals surface area contributed by atoms with Gasteiger partial charge >= 0.3 is 0 Å². The topological polar surface area (TPSA) is 92.1 Å². The van der Waals surface area contributed by atoms with Gasteiger partial charge in [0.05, 0.1) is 25.9 Å². The smallest absolute Gasteiger partial charge is 0.162 e. The number of nitrogens with zero attached hydrogens (tertiary/aromatic N) is 3. The fourth-order valence-electron chi connectivity index (χ4n) is 2.37. The second kappa shape index (κ2) is 7.85. The van der Waals surface area contributed by atoms with Crippen LogP contribution in [0.4, 0.5) is 23.0 Å². The standard InChI is InChI=1S/C19H17N5O2/c1-25-16-7-6-15(9-17(16)26-2)24-19-10-18(21-12-22-19)23-14-5-3-4-13(8-14)11-20/h3-10,12H,1-2H3,(H2,21,22,23,24). The Labute approximate surface area is 151 Å². The summed E-state index contributed by atoms with van der Waals surface area (Å²) in [4.78, 5) is 8.42. The zero-order chi connectivity index (χ0) is 18.4. The molecule has 0 aliphatic rings. The van der Waals surface area contributed by atoms with Crippen LogP contribution in [-0.4, -0.2) is 24.2 Å². The summed E-state index contributed by atoms with van der Waals surface area (Å²) in [5.41, 5.74) is 2.16. The van der Waals surface area contributed by atoms with Crippen molar-refractivity contribution in [3.05, 3.63) is 60.4 Å². The molecule has 1 heterocycles. The molecule has 130 valence electrons. The first-order chi connectivity index (χ1) is 12.7. The Morgan fingerprint density at radius 1 is 0.846 bits per heavy atom. The van der Waals surface area contributed by atoms with Crippen molar-refractivity contribution in [3.8, 4) is 17.6 Å². The molecule has 2 aromatic carbocycles. The van der Waals surface area contributed by atoms with Gasteiger partial charge in [0.15, 0.2) is 11.5 Å². The predicted molar refractivity (Wildman–Crippen MR) is 99.3 cm³/mol. The summed E-state index contributed by atoms with van der Waals surface area (Å²) in [7, 11) is 3.18. The first-order valence-corrected chi connectivity index (χ1v) is 7.80. The maximum absolute atomic E-state index is 8.98. The highest BCUT2D eigenvalue weighted by Gasteiger charge is 2.06. The number of hydrogen-bond acceptors (Lipinski definition) is 7. The molecular formula is C19H17N5O2. The van der Waals surface area contributed by atoms with Crippen LogP contribution in [0.5, 0.6) is 11.5 Å². The van der Waals surface area contributed by atoms with Gasteiger partial charge in [0.25, 0.3) is 0 Å². The van der Waals surface area contributed by atoms with Crippen molar-refractivity contribution in [2.75, 3.05) is 24.9 Å². The van der Waals surface area contributed by atoms with Crippen LogP contribution < -0.4 is 20.1 Å². The van der Waals surface area contributed by atoms with Crippen molar-refractivity contribution in [3.63, 3.8) is 0 Å². The highest BCUT2D eigenvalue weighted by atomic mass is 16.5. The average molecular weight is 347 g/mol. The largest absolute Gasteiger partial charge is 0.493 e. The molecule has 7 heteroatoms. The molecule has 7 nitrogen and oxygen atoms in total. The van der Waals surface area contributed by atoms with Crippen LogP contribution >= 0.6 is 0 Å². The van der Waals surface area contributed by atoms with Gasteiger partial charge in [-0.1, -0.05) is 6.07 Å². The van der Waals surface area contributed by atoms with E-state index in [0.29, 0.717) is 28.7 Å². The molecule has 3 aromatic rings. The lowest BCUT2D eigenvalue weighted by molar-refractivity contribution is 0.355. The van der Waals surface area contributed by atoms with Gasteiger partial charge in [0, 0.05) is 23.5 Å². The van der Waals surface area contributed by atoms with Crippen LogP contribution in [0.1, 0.15) is 5.56 Å². The highest BCUT2D eigenvalue weighted by molar-refractivity contribution is 5.65. The van der Waals surface area contributed by atoms with Crippen LogP contribution in [0.2, 0.25) is 0 Å². The van der Waals surface area contributed by atoms with E-state index >= 15 is 0 Å². The molecule has 0 unspecified atom stereocenters. The van der Waals surface area contributed by atoms with E-state index in [4.69, 9.17) is 14.7 Å². The summed E-state index contributed by atoms with van der Waals surface area (Å²) in [6.45, 7) is 0. The summed E-state index contributed by atoms with van der Waals surface area (Å²) < 4.78 is 10.5. The number of nitriles is 1. The third-order valence-corrected chi connectivity index (χ3v) is 3.59. The molecule has 0 amide bonds. The molecule has 0 saturated carbocycles. The lowest BCUT2D eigenvalue weighted by Gasteiger charge is -2.11. The molecule has 3 rings (SSSR count). The summed E-state index contributed by atoms with van der Waals surface area (Å²) in [6.07, 6.45) is 1.46. The predicted octanol–water partition coefficient (Wildman–Crippen LogP) is 3.85.